The van der Waals surface area contributed by atoms with E-state index in [1.165, 1.54) is 23.7 Å². The van der Waals surface area contributed by atoms with Gasteiger partial charge in [-0.3, -0.25) is 5.01 Å². The van der Waals surface area contributed by atoms with E-state index >= 15 is 0 Å². The first kappa shape index (κ1) is 21.3. The zero-order chi connectivity index (χ0) is 18.3. The van der Waals surface area contributed by atoms with Crippen LogP contribution in [0.2, 0.25) is 0 Å². The Bertz CT molecular complexity index is 517. The molecule has 0 spiro atoms. The lowest BCUT2D eigenvalue weighted by atomic mass is 9.82. The molecule has 1 saturated heterocycles. The van der Waals surface area contributed by atoms with Gasteiger partial charge in [0.2, 0.25) is 0 Å². The highest BCUT2D eigenvalue weighted by Crippen LogP contribution is 2.36. The van der Waals surface area contributed by atoms with E-state index in [4.69, 9.17) is 19.6 Å². The maximum atomic E-state index is 6.00. The van der Waals surface area contributed by atoms with Gasteiger partial charge in [0.15, 0.2) is 0 Å². The van der Waals surface area contributed by atoms with E-state index < -0.39 is 0 Å². The van der Waals surface area contributed by atoms with Gasteiger partial charge in [-0.1, -0.05) is 37.1 Å². The molecular formula is C18H32ClIN4O. The number of ether oxygens (including phenoxy) is 1. The van der Waals surface area contributed by atoms with E-state index in [1.807, 2.05) is 12.1 Å². The minimum Gasteiger partial charge on any atom is -0.381 e. The highest BCUT2D eigenvalue weighted by atomic mass is 127. The van der Waals surface area contributed by atoms with E-state index in [9.17, 15) is 0 Å². The Morgan fingerprint density at radius 3 is 3.04 bits per heavy atom. The molecule has 0 aromatic carbocycles. The Kier molecular flexibility index (Phi) is 8.78. The molecule has 0 aromatic rings. The molecule has 0 amide bonds. The molecule has 2 aliphatic rings. The van der Waals surface area contributed by atoms with E-state index in [0.717, 1.165) is 32.5 Å². The fourth-order valence-electron chi connectivity index (χ4n) is 3.44. The van der Waals surface area contributed by atoms with Gasteiger partial charge in [-0.25, -0.2) is 0 Å². The minimum absolute atomic E-state index is 0.184. The molecular weight excluding hydrogens is 451 g/mol. The Morgan fingerprint density at radius 2 is 2.40 bits per heavy atom. The Hall–Kier alpha value is -0.0500. The molecule has 1 unspecified atom stereocenters. The fourth-order valence-corrected chi connectivity index (χ4v) is 5.58. The molecule has 0 aliphatic carbocycles. The second-order valence-corrected chi connectivity index (χ2v) is 9.97. The van der Waals surface area contributed by atoms with Crippen LogP contribution in [-0.4, -0.2) is 53.1 Å². The third-order valence-electron chi connectivity index (χ3n) is 4.86. The molecule has 2 atom stereocenters. The molecule has 0 bridgehead atoms. The van der Waals surface area contributed by atoms with Gasteiger partial charge in [-0.15, -0.1) is 0 Å². The Morgan fingerprint density at radius 1 is 1.60 bits per heavy atom. The summed E-state index contributed by atoms with van der Waals surface area (Å²) in [6, 6.07) is 0. The van der Waals surface area contributed by atoms with Crippen LogP contribution >= 0.6 is 32.6 Å². The van der Waals surface area contributed by atoms with Crippen LogP contribution < -0.4 is 0 Å². The van der Waals surface area contributed by atoms with Crippen molar-refractivity contribution in [3.8, 4) is 0 Å². The quantitative estimate of drug-likeness (QED) is 0.208. The van der Waals surface area contributed by atoms with Crippen molar-refractivity contribution in [3.63, 3.8) is 0 Å². The smallest absolute Gasteiger partial charge is 0.126 e. The molecule has 2 heterocycles. The highest BCUT2D eigenvalue weighted by Gasteiger charge is 2.30. The average molecular weight is 483 g/mol. The number of halogens is 2. The third kappa shape index (κ3) is 6.88. The van der Waals surface area contributed by atoms with Gasteiger partial charge in [0, 0.05) is 52.6 Å². The number of hydrazone groups is 1. The topological polar surface area (TPSA) is 40.4 Å². The highest BCUT2D eigenvalue weighted by molar-refractivity contribution is 14.2. The minimum atomic E-state index is -0.184. The average Bonchev–Trinajstić information content (AvgIpc) is 2.97. The van der Waals surface area contributed by atoms with Crippen LogP contribution in [0.25, 0.3) is 0 Å². The fraction of sp³-hybridized carbons (Fsp3) is 0.833. The number of hydrogen-bond acceptors (Lipinski definition) is 5. The zero-order valence-electron chi connectivity index (χ0n) is 16.0. The van der Waals surface area contributed by atoms with Gasteiger partial charge in [0.25, 0.3) is 0 Å². The summed E-state index contributed by atoms with van der Waals surface area (Å²) in [7, 11) is 4.04. The molecule has 0 radical (unpaired) electrons. The lowest BCUT2D eigenvalue weighted by molar-refractivity contribution is 0.0794. The van der Waals surface area contributed by atoms with Crippen LogP contribution in [0.15, 0.2) is 20.0 Å². The van der Waals surface area contributed by atoms with Crippen LogP contribution in [0, 0.1) is 5.41 Å². The van der Waals surface area contributed by atoms with Gasteiger partial charge < -0.3 is 4.74 Å². The van der Waals surface area contributed by atoms with Crippen molar-refractivity contribution in [1.82, 2.24) is 10.0 Å². The summed E-state index contributed by atoms with van der Waals surface area (Å²) in [4.78, 5) is 0. The number of rotatable bonds is 8. The number of alkyl halides is 1. The SMILES string of the molecule is CC/C=C(/CCI=NN(C)[C@@H]1CCC(Cl)=NN1C)CC1(C)CCOC1. The Balaban J connectivity index is 1.80. The van der Waals surface area contributed by atoms with Gasteiger partial charge in [-0.2, -0.15) is 13.4 Å². The molecule has 2 rings (SSSR count). The van der Waals surface area contributed by atoms with E-state index in [-0.39, 0.29) is 27.2 Å². The van der Waals surface area contributed by atoms with Gasteiger partial charge in [0.1, 0.15) is 11.3 Å². The summed E-state index contributed by atoms with van der Waals surface area (Å²) >= 11 is 5.82. The molecule has 25 heavy (non-hydrogen) atoms. The number of nitrogens with zero attached hydrogens (tertiary/aromatic N) is 4. The van der Waals surface area contributed by atoms with Crippen molar-refractivity contribution in [2.24, 2.45) is 13.8 Å². The molecule has 0 aromatic heterocycles. The van der Waals surface area contributed by atoms with Crippen LogP contribution in [-0.2, 0) is 4.74 Å². The van der Waals surface area contributed by atoms with Crippen molar-refractivity contribution in [2.45, 2.75) is 58.5 Å². The van der Waals surface area contributed by atoms with E-state index in [2.05, 4.69) is 37.1 Å². The molecule has 2 aliphatic heterocycles. The summed E-state index contributed by atoms with van der Waals surface area (Å²) in [5, 5.41) is 9.06. The molecule has 0 N–H and O–H groups in total. The maximum absolute atomic E-state index is 6.00. The van der Waals surface area contributed by atoms with E-state index in [0.29, 0.717) is 10.6 Å². The first-order chi connectivity index (χ1) is 11.9. The van der Waals surface area contributed by atoms with Gasteiger partial charge in [-0.05, 0) is 37.5 Å². The maximum Gasteiger partial charge on any atom is 0.126 e. The van der Waals surface area contributed by atoms with Crippen LogP contribution in [0.4, 0.5) is 0 Å². The monoisotopic (exact) mass is 482 g/mol. The van der Waals surface area contributed by atoms with Crippen LogP contribution in [0.3, 0.4) is 0 Å². The largest absolute Gasteiger partial charge is 0.381 e. The van der Waals surface area contributed by atoms with Crippen molar-refractivity contribution in [3.05, 3.63) is 11.6 Å². The first-order valence-electron chi connectivity index (χ1n) is 9.17. The molecule has 7 heteroatoms. The summed E-state index contributed by atoms with van der Waals surface area (Å²) in [6.07, 6.45) is 9.16. The van der Waals surface area contributed by atoms with Gasteiger partial charge in [0.05, 0.1) is 6.61 Å². The van der Waals surface area contributed by atoms with Crippen LogP contribution in [0.5, 0.6) is 0 Å². The lowest BCUT2D eigenvalue weighted by Crippen LogP contribution is -2.41. The standard InChI is InChI=1S/C18H32ClIN4O/c1-5-6-15(13-18(2)10-12-25-14-18)9-11-20-22-24(4)17-8-7-16(19)21-23(17)3/h6,17H,5,7-14H2,1-4H3/b15-6-/t17-,18?/m1/s1. The van der Waals surface area contributed by atoms with Crippen LogP contribution in [0.1, 0.15) is 52.4 Å². The van der Waals surface area contributed by atoms with Crippen molar-refractivity contribution < 1.29 is 4.74 Å². The molecule has 144 valence electrons. The van der Waals surface area contributed by atoms with Crippen molar-refractivity contribution in [2.75, 3.05) is 31.7 Å². The second-order valence-electron chi connectivity index (χ2n) is 7.34. The predicted octanol–water partition coefficient (Wildman–Crippen LogP) is 5.13. The summed E-state index contributed by atoms with van der Waals surface area (Å²) < 4.78 is 11.7. The summed E-state index contributed by atoms with van der Waals surface area (Å²) in [5.74, 6) is 0. The van der Waals surface area contributed by atoms with Gasteiger partial charge >= 0.3 is 0 Å². The van der Waals surface area contributed by atoms with Crippen molar-refractivity contribution in [1.29, 1.82) is 0 Å². The number of allylic oxidation sites excluding steroid dienone is 2. The summed E-state index contributed by atoms with van der Waals surface area (Å²) in [5.41, 5.74) is 1.94. The van der Waals surface area contributed by atoms with Crippen molar-refractivity contribution >= 4 is 37.8 Å². The normalized spacial score (nSPS) is 28.6. The first-order valence-corrected chi connectivity index (χ1v) is 12.0. The number of hydrogen-bond donors (Lipinski definition) is 0. The molecule has 5 nitrogen and oxygen atoms in total. The molecule has 0 saturated carbocycles. The molecule has 1 fully saturated rings. The predicted molar refractivity (Wildman–Crippen MR) is 114 cm³/mol. The Labute approximate surface area is 167 Å². The van der Waals surface area contributed by atoms with E-state index in [1.54, 1.807) is 5.57 Å². The third-order valence-corrected chi connectivity index (χ3v) is 7.13. The zero-order valence-corrected chi connectivity index (χ0v) is 18.9. The summed E-state index contributed by atoms with van der Waals surface area (Å²) in [6.45, 7) is 6.42. The second kappa shape index (κ2) is 10.3. The lowest BCUT2D eigenvalue weighted by Gasteiger charge is -2.33.